The summed E-state index contributed by atoms with van der Waals surface area (Å²) in [5, 5.41) is 17.4. The number of carbonyl (C=O) groups is 2. The predicted molar refractivity (Wildman–Crippen MR) is 116 cm³/mol. The topological polar surface area (TPSA) is 127 Å². The van der Waals surface area contributed by atoms with Gasteiger partial charge in [-0.25, -0.2) is 0 Å². The summed E-state index contributed by atoms with van der Waals surface area (Å²) in [6.07, 6.45) is 1.68. The molecule has 2 aromatic carbocycles. The van der Waals surface area contributed by atoms with Gasteiger partial charge in [-0.15, -0.1) is 0 Å². The van der Waals surface area contributed by atoms with Gasteiger partial charge in [0.1, 0.15) is 5.69 Å². The molecule has 1 unspecified atom stereocenters. The molecule has 4 N–H and O–H groups in total. The first-order chi connectivity index (χ1) is 14.2. The minimum absolute atomic E-state index is 0.112. The number of hydrogen-bond donors (Lipinski definition) is 3. The Bertz CT molecular complexity index is 922. The highest BCUT2D eigenvalue weighted by Crippen LogP contribution is 2.29. The Morgan fingerprint density at radius 1 is 1.13 bits per heavy atom. The van der Waals surface area contributed by atoms with Crippen molar-refractivity contribution in [1.82, 2.24) is 5.32 Å². The molecule has 30 heavy (non-hydrogen) atoms. The highest BCUT2D eigenvalue weighted by Gasteiger charge is 2.22. The van der Waals surface area contributed by atoms with Crippen LogP contribution in [0.1, 0.15) is 59.3 Å². The number of benzene rings is 2. The number of amides is 2. The van der Waals surface area contributed by atoms with Gasteiger partial charge >= 0.3 is 0 Å². The lowest BCUT2D eigenvalue weighted by Gasteiger charge is -2.19. The quantitative estimate of drug-likeness (QED) is 0.311. The zero-order valence-corrected chi connectivity index (χ0v) is 17.5. The number of hydrogen-bond acceptors (Lipinski definition) is 5. The molecule has 0 aliphatic rings. The molecule has 2 rings (SSSR count). The minimum Gasteiger partial charge on any atom is -0.379 e. The molecule has 0 bridgehead atoms. The SMILES string of the molecule is CCCCNc1ccc(C(CC(N)=O)NC(=O)c2cc(C)cc(C)c2)cc1[N+](=O)[O-]. The van der Waals surface area contributed by atoms with Gasteiger partial charge in [0.15, 0.2) is 0 Å². The Balaban J connectivity index is 2.33. The molecule has 160 valence electrons. The molecule has 1 atom stereocenters. The number of unbranched alkanes of at least 4 members (excludes halogenated alkanes) is 1. The number of aryl methyl sites for hydroxylation is 2. The standard InChI is InChI=1S/C22H28N4O4/c1-4-5-8-24-18-7-6-16(12-20(18)26(29)30)19(13-21(23)27)25-22(28)17-10-14(2)9-15(3)11-17/h6-7,9-12,19,24H,4-5,8,13H2,1-3H3,(H2,23,27)(H,25,28). The predicted octanol–water partition coefficient (Wildman–Crippen LogP) is 3.77. The van der Waals surface area contributed by atoms with Crippen molar-refractivity contribution in [2.75, 3.05) is 11.9 Å². The van der Waals surface area contributed by atoms with E-state index in [1.165, 1.54) is 6.07 Å². The molecule has 8 nitrogen and oxygen atoms in total. The Morgan fingerprint density at radius 2 is 1.80 bits per heavy atom. The van der Waals surface area contributed by atoms with Gasteiger partial charge in [-0.2, -0.15) is 0 Å². The fraction of sp³-hybridized carbons (Fsp3) is 0.364. The van der Waals surface area contributed by atoms with E-state index in [1.54, 1.807) is 24.3 Å². The summed E-state index contributed by atoms with van der Waals surface area (Å²) in [6.45, 7) is 6.42. The average molecular weight is 412 g/mol. The molecule has 2 amide bonds. The molecule has 0 heterocycles. The van der Waals surface area contributed by atoms with Gasteiger partial charge in [0.2, 0.25) is 5.91 Å². The van der Waals surface area contributed by atoms with E-state index in [9.17, 15) is 19.7 Å². The molecule has 0 saturated carbocycles. The third kappa shape index (κ3) is 6.30. The van der Waals surface area contributed by atoms with Crippen LogP contribution in [-0.2, 0) is 4.79 Å². The molecule has 0 radical (unpaired) electrons. The lowest BCUT2D eigenvalue weighted by atomic mass is 10.0. The van der Waals surface area contributed by atoms with Crippen LogP contribution in [0.3, 0.4) is 0 Å². The van der Waals surface area contributed by atoms with Crippen molar-refractivity contribution in [3.8, 4) is 0 Å². The van der Waals surface area contributed by atoms with Crippen molar-refractivity contribution in [1.29, 1.82) is 0 Å². The number of carbonyl (C=O) groups excluding carboxylic acids is 2. The number of primary amides is 1. The van der Waals surface area contributed by atoms with Crippen LogP contribution in [0, 0.1) is 24.0 Å². The van der Waals surface area contributed by atoms with Gasteiger partial charge in [0, 0.05) is 18.2 Å². The number of rotatable bonds is 10. The normalized spacial score (nSPS) is 11.6. The first-order valence-electron chi connectivity index (χ1n) is 9.91. The zero-order chi connectivity index (χ0) is 22.3. The monoisotopic (exact) mass is 412 g/mol. The molecule has 0 fully saturated rings. The van der Waals surface area contributed by atoms with Crippen LogP contribution in [0.5, 0.6) is 0 Å². The number of nitrogens with two attached hydrogens (primary N) is 1. The third-order valence-corrected chi connectivity index (χ3v) is 4.66. The van der Waals surface area contributed by atoms with Gasteiger partial charge in [-0.1, -0.05) is 36.6 Å². The minimum atomic E-state index is -0.779. The van der Waals surface area contributed by atoms with Crippen LogP contribution in [0.15, 0.2) is 36.4 Å². The van der Waals surface area contributed by atoms with E-state index in [0.29, 0.717) is 23.4 Å². The maximum absolute atomic E-state index is 12.8. The van der Waals surface area contributed by atoms with Gasteiger partial charge < -0.3 is 16.4 Å². The summed E-state index contributed by atoms with van der Waals surface area (Å²) >= 11 is 0. The van der Waals surface area contributed by atoms with Crippen LogP contribution >= 0.6 is 0 Å². The number of nitrogens with one attached hydrogen (secondary N) is 2. The Labute approximate surface area is 176 Å². The number of anilines is 1. The molecular weight excluding hydrogens is 384 g/mol. The van der Waals surface area contributed by atoms with Gasteiger partial charge in [-0.05, 0) is 44.0 Å². The molecule has 2 aromatic rings. The van der Waals surface area contributed by atoms with Crippen molar-refractivity contribution in [3.05, 3.63) is 68.8 Å². The number of nitro benzene ring substituents is 1. The highest BCUT2D eigenvalue weighted by atomic mass is 16.6. The van der Waals surface area contributed by atoms with Crippen LogP contribution in [0.25, 0.3) is 0 Å². The molecule has 0 aromatic heterocycles. The van der Waals surface area contributed by atoms with Crippen molar-refractivity contribution in [2.45, 2.75) is 46.1 Å². The fourth-order valence-electron chi connectivity index (χ4n) is 3.27. The summed E-state index contributed by atoms with van der Waals surface area (Å²) in [4.78, 5) is 35.4. The molecule has 8 heteroatoms. The third-order valence-electron chi connectivity index (χ3n) is 4.66. The van der Waals surface area contributed by atoms with Crippen LogP contribution in [-0.4, -0.2) is 23.3 Å². The Kier molecular flexibility index (Phi) is 7.91. The fourth-order valence-corrected chi connectivity index (χ4v) is 3.27. The lowest BCUT2D eigenvalue weighted by molar-refractivity contribution is -0.384. The summed E-state index contributed by atoms with van der Waals surface area (Å²) in [6, 6.07) is 9.30. The average Bonchev–Trinajstić information content (AvgIpc) is 2.66. The summed E-state index contributed by atoms with van der Waals surface area (Å²) in [7, 11) is 0. The summed E-state index contributed by atoms with van der Waals surface area (Å²) < 4.78 is 0. The largest absolute Gasteiger partial charge is 0.379 e. The van der Waals surface area contributed by atoms with Crippen molar-refractivity contribution in [2.24, 2.45) is 5.73 Å². The van der Waals surface area contributed by atoms with E-state index in [2.05, 4.69) is 10.6 Å². The molecule has 0 saturated heterocycles. The van der Waals surface area contributed by atoms with Crippen LogP contribution in [0.4, 0.5) is 11.4 Å². The smallest absolute Gasteiger partial charge is 0.292 e. The maximum Gasteiger partial charge on any atom is 0.292 e. The summed E-state index contributed by atoms with van der Waals surface area (Å²) in [5.74, 6) is -0.991. The van der Waals surface area contributed by atoms with Gasteiger partial charge in [0.05, 0.1) is 17.4 Å². The van der Waals surface area contributed by atoms with E-state index in [0.717, 1.165) is 24.0 Å². The lowest BCUT2D eigenvalue weighted by Crippen LogP contribution is -2.32. The highest BCUT2D eigenvalue weighted by molar-refractivity contribution is 5.95. The Hall–Kier alpha value is -3.42. The number of nitro groups is 1. The van der Waals surface area contributed by atoms with Crippen LogP contribution in [0.2, 0.25) is 0 Å². The first kappa shape index (κ1) is 22.9. The van der Waals surface area contributed by atoms with E-state index in [4.69, 9.17) is 5.73 Å². The van der Waals surface area contributed by atoms with Gasteiger partial charge in [-0.3, -0.25) is 19.7 Å². The van der Waals surface area contributed by atoms with E-state index in [-0.39, 0.29) is 18.0 Å². The van der Waals surface area contributed by atoms with Gasteiger partial charge in [0.25, 0.3) is 11.6 Å². The molecular formula is C22H28N4O4. The van der Waals surface area contributed by atoms with Crippen LogP contribution < -0.4 is 16.4 Å². The molecule has 0 spiro atoms. The first-order valence-corrected chi connectivity index (χ1v) is 9.91. The second kappa shape index (κ2) is 10.4. The van der Waals surface area contributed by atoms with Crippen molar-refractivity contribution >= 4 is 23.2 Å². The van der Waals surface area contributed by atoms with E-state index in [1.807, 2.05) is 26.8 Å². The number of nitrogens with zero attached hydrogens (tertiary/aromatic N) is 1. The summed E-state index contributed by atoms with van der Waals surface area (Å²) in [5.41, 5.74) is 8.42. The second-order valence-electron chi connectivity index (χ2n) is 7.39. The second-order valence-corrected chi connectivity index (χ2v) is 7.39. The van der Waals surface area contributed by atoms with E-state index < -0.39 is 16.9 Å². The maximum atomic E-state index is 12.8. The molecule has 0 aliphatic heterocycles. The van der Waals surface area contributed by atoms with Crippen molar-refractivity contribution in [3.63, 3.8) is 0 Å². The Morgan fingerprint density at radius 3 is 2.37 bits per heavy atom. The molecule has 0 aliphatic carbocycles. The van der Waals surface area contributed by atoms with Crippen molar-refractivity contribution < 1.29 is 14.5 Å². The zero-order valence-electron chi connectivity index (χ0n) is 17.5. The van der Waals surface area contributed by atoms with E-state index >= 15 is 0 Å².